The maximum atomic E-state index is 12.2. The molecule has 0 radical (unpaired) electrons. The molecule has 0 unspecified atom stereocenters. The number of fused-ring (bicyclic) bond motifs is 5. The van der Waals surface area contributed by atoms with Crippen molar-refractivity contribution in [2.75, 3.05) is 0 Å². The van der Waals surface area contributed by atoms with Gasteiger partial charge in [-0.25, -0.2) is 0 Å². The van der Waals surface area contributed by atoms with Crippen molar-refractivity contribution in [2.45, 2.75) is 38.5 Å². The molecule has 0 bridgehead atoms. The minimum atomic E-state index is -0.0834. The molecule has 2 saturated carbocycles. The molecule has 1 N–H and O–H groups in total. The lowest BCUT2D eigenvalue weighted by molar-refractivity contribution is -0.128. The summed E-state index contributed by atoms with van der Waals surface area (Å²) < 4.78 is 0. The summed E-state index contributed by atoms with van der Waals surface area (Å²) in [4.78, 5) is 12.2. The lowest BCUT2D eigenvalue weighted by Gasteiger charge is -2.46. The fourth-order valence-electron chi connectivity index (χ4n) is 4.86. The van der Waals surface area contributed by atoms with Gasteiger partial charge in [0.25, 0.3) is 0 Å². The molecule has 2 nitrogen and oxygen atoms in total. The Balaban J connectivity index is 1.77. The van der Waals surface area contributed by atoms with Crippen LogP contribution in [0.3, 0.4) is 0 Å². The van der Waals surface area contributed by atoms with Crippen molar-refractivity contribution in [3.8, 4) is 5.75 Å². The zero-order valence-corrected chi connectivity index (χ0v) is 11.8. The molecule has 4 atom stereocenters. The van der Waals surface area contributed by atoms with Gasteiger partial charge in [-0.15, -0.1) is 0 Å². The fourth-order valence-corrected chi connectivity index (χ4v) is 4.86. The Labute approximate surface area is 119 Å². The number of benzene rings is 1. The summed E-state index contributed by atoms with van der Waals surface area (Å²) in [6.45, 7) is 2.18. The molecule has 0 spiro atoms. The van der Waals surface area contributed by atoms with Gasteiger partial charge in [-0.05, 0) is 60.3 Å². The van der Waals surface area contributed by atoms with E-state index in [-0.39, 0.29) is 5.41 Å². The number of carbonyl (C=O) groups is 1. The van der Waals surface area contributed by atoms with Gasteiger partial charge in [0.15, 0.2) is 0 Å². The molecular weight excluding hydrogens is 248 g/mol. The number of phenolic OH excluding ortho intramolecular Hbond substituents is 1. The fraction of sp³-hybridized carbons (Fsp3) is 0.500. The van der Waals surface area contributed by atoms with Crippen molar-refractivity contribution < 1.29 is 9.90 Å². The van der Waals surface area contributed by atoms with E-state index in [0.29, 0.717) is 29.3 Å². The average Bonchev–Trinajstić information content (AvgIpc) is 2.74. The van der Waals surface area contributed by atoms with Gasteiger partial charge in [0, 0.05) is 11.8 Å². The van der Waals surface area contributed by atoms with Crippen LogP contribution < -0.4 is 0 Å². The van der Waals surface area contributed by atoms with Crippen molar-refractivity contribution in [3.05, 3.63) is 35.4 Å². The van der Waals surface area contributed by atoms with Crippen LogP contribution in [-0.2, 0) is 4.79 Å². The highest BCUT2D eigenvalue weighted by Gasteiger charge is 2.53. The van der Waals surface area contributed by atoms with E-state index in [0.717, 1.165) is 31.2 Å². The van der Waals surface area contributed by atoms with E-state index in [1.54, 1.807) is 6.07 Å². The summed E-state index contributed by atoms with van der Waals surface area (Å²) in [6, 6.07) is 5.73. The predicted molar refractivity (Wildman–Crippen MR) is 78.4 cm³/mol. The largest absolute Gasteiger partial charge is 0.508 e. The molecule has 20 heavy (non-hydrogen) atoms. The van der Waals surface area contributed by atoms with Crippen LogP contribution in [0.4, 0.5) is 0 Å². The minimum Gasteiger partial charge on any atom is -0.508 e. The molecule has 3 aliphatic carbocycles. The number of hydrogen-bond acceptors (Lipinski definition) is 2. The molecule has 0 saturated heterocycles. The minimum absolute atomic E-state index is 0.0834. The first kappa shape index (κ1) is 12.2. The second kappa shape index (κ2) is 3.97. The number of phenols is 1. The van der Waals surface area contributed by atoms with Crippen molar-refractivity contribution in [3.63, 3.8) is 0 Å². The van der Waals surface area contributed by atoms with Crippen molar-refractivity contribution >= 4 is 11.9 Å². The van der Waals surface area contributed by atoms with Crippen LogP contribution >= 0.6 is 0 Å². The van der Waals surface area contributed by atoms with Crippen LogP contribution in [0.5, 0.6) is 5.75 Å². The molecule has 0 heterocycles. The zero-order valence-electron chi connectivity index (χ0n) is 11.8. The molecule has 2 heteroatoms. The van der Waals surface area contributed by atoms with Gasteiger partial charge in [-0.2, -0.15) is 0 Å². The second-order valence-corrected chi connectivity index (χ2v) is 6.88. The molecule has 0 aliphatic heterocycles. The van der Waals surface area contributed by atoms with E-state index < -0.39 is 0 Å². The summed E-state index contributed by atoms with van der Waals surface area (Å²) in [5.74, 6) is 2.35. The van der Waals surface area contributed by atoms with E-state index >= 15 is 0 Å². The van der Waals surface area contributed by atoms with E-state index in [4.69, 9.17) is 0 Å². The summed E-state index contributed by atoms with van der Waals surface area (Å²) >= 11 is 0. The Kier molecular flexibility index (Phi) is 2.42. The Morgan fingerprint density at radius 1 is 1.30 bits per heavy atom. The van der Waals surface area contributed by atoms with E-state index in [2.05, 4.69) is 25.1 Å². The smallest absolute Gasteiger partial charge is 0.139 e. The maximum absolute atomic E-state index is 12.2. The van der Waals surface area contributed by atoms with E-state index in [1.807, 2.05) is 6.07 Å². The van der Waals surface area contributed by atoms with Crippen LogP contribution in [0.1, 0.15) is 49.7 Å². The molecule has 0 amide bonds. The molecule has 1 aromatic rings. The topological polar surface area (TPSA) is 37.3 Å². The van der Waals surface area contributed by atoms with Crippen LogP contribution in [0, 0.1) is 17.3 Å². The molecule has 2 fully saturated rings. The zero-order chi connectivity index (χ0) is 13.9. The Morgan fingerprint density at radius 3 is 3.00 bits per heavy atom. The highest BCUT2D eigenvalue weighted by Crippen LogP contribution is 2.58. The molecular formula is C18H20O2. The van der Waals surface area contributed by atoms with Gasteiger partial charge >= 0.3 is 0 Å². The Hall–Kier alpha value is -1.57. The third kappa shape index (κ3) is 1.48. The predicted octanol–water partition coefficient (Wildman–Crippen LogP) is 3.90. The second-order valence-electron chi connectivity index (χ2n) is 6.88. The number of carbonyl (C=O) groups excluding carboxylic acids is 1. The normalized spacial score (nSPS) is 38.2. The highest BCUT2D eigenvalue weighted by atomic mass is 16.3. The lowest BCUT2D eigenvalue weighted by atomic mass is 9.57. The number of aromatic hydroxyl groups is 1. The number of allylic oxidation sites excluding steroid dienone is 1. The molecule has 104 valence electrons. The van der Waals surface area contributed by atoms with Gasteiger partial charge in [0.2, 0.25) is 0 Å². The molecule has 1 aromatic carbocycles. The maximum Gasteiger partial charge on any atom is 0.139 e. The SMILES string of the molecule is C[C@@]12CC[C@@H]3c4ccc(O)cc4C=C[C@H]3[C@@H]1CCC2=O. The summed E-state index contributed by atoms with van der Waals surface area (Å²) in [7, 11) is 0. The Bertz CT molecular complexity index is 616. The molecule has 3 aliphatic rings. The quantitative estimate of drug-likeness (QED) is 0.775. The monoisotopic (exact) mass is 268 g/mol. The number of Topliss-reactive ketones (excluding diaryl/α,β-unsaturated/α-hetero) is 1. The third-order valence-corrected chi connectivity index (χ3v) is 6.01. The number of rotatable bonds is 0. The van der Waals surface area contributed by atoms with Gasteiger partial charge < -0.3 is 5.11 Å². The molecule has 0 aromatic heterocycles. The number of ketones is 1. The van der Waals surface area contributed by atoms with E-state index in [1.165, 1.54) is 5.56 Å². The van der Waals surface area contributed by atoms with Crippen LogP contribution in [-0.4, -0.2) is 10.9 Å². The summed E-state index contributed by atoms with van der Waals surface area (Å²) in [6.07, 6.45) is 8.37. The highest BCUT2D eigenvalue weighted by molar-refractivity contribution is 5.87. The van der Waals surface area contributed by atoms with Gasteiger partial charge in [-0.1, -0.05) is 25.1 Å². The summed E-state index contributed by atoms with van der Waals surface area (Å²) in [5.41, 5.74) is 2.43. The van der Waals surface area contributed by atoms with Crippen LogP contribution in [0.2, 0.25) is 0 Å². The Morgan fingerprint density at radius 2 is 2.15 bits per heavy atom. The average molecular weight is 268 g/mol. The van der Waals surface area contributed by atoms with Gasteiger partial charge in [0.05, 0.1) is 0 Å². The molecule has 4 rings (SSSR count). The van der Waals surface area contributed by atoms with Crippen LogP contribution in [0.25, 0.3) is 6.08 Å². The first-order valence-electron chi connectivity index (χ1n) is 7.64. The van der Waals surface area contributed by atoms with E-state index in [9.17, 15) is 9.90 Å². The van der Waals surface area contributed by atoms with Crippen LogP contribution in [0.15, 0.2) is 24.3 Å². The first-order valence-corrected chi connectivity index (χ1v) is 7.64. The van der Waals surface area contributed by atoms with Crippen molar-refractivity contribution in [2.24, 2.45) is 17.3 Å². The standard InChI is InChI=1S/C18H20O2/c1-18-9-8-14-13-5-3-12(19)10-11(13)2-4-15(14)16(18)6-7-17(18)20/h2-5,10,14-16,19H,6-9H2,1H3/t14-,15-,16+,18-/m1/s1. The van der Waals surface area contributed by atoms with Crippen molar-refractivity contribution in [1.82, 2.24) is 0 Å². The van der Waals surface area contributed by atoms with Crippen molar-refractivity contribution in [1.29, 1.82) is 0 Å². The first-order chi connectivity index (χ1) is 9.59. The number of hydrogen-bond donors (Lipinski definition) is 1. The third-order valence-electron chi connectivity index (χ3n) is 6.01. The summed E-state index contributed by atoms with van der Waals surface area (Å²) in [5, 5.41) is 9.63. The van der Waals surface area contributed by atoms with Gasteiger partial charge in [-0.3, -0.25) is 4.79 Å². The lowest BCUT2D eigenvalue weighted by Crippen LogP contribution is -2.40. The van der Waals surface area contributed by atoms with Gasteiger partial charge in [0.1, 0.15) is 11.5 Å².